The summed E-state index contributed by atoms with van der Waals surface area (Å²) in [6.07, 6.45) is 3.51. The van der Waals surface area contributed by atoms with E-state index < -0.39 is 0 Å². The molecular formula is C16H18ClN3O3. The Bertz CT molecular complexity index is 617. The van der Waals surface area contributed by atoms with Crippen molar-refractivity contribution in [3.8, 4) is 11.6 Å². The molecule has 2 rings (SSSR count). The van der Waals surface area contributed by atoms with E-state index in [1.807, 2.05) is 0 Å². The number of ether oxygens (including phenoxy) is 2. The van der Waals surface area contributed by atoms with E-state index in [1.54, 1.807) is 43.6 Å². The number of nitrogens with zero attached hydrogens (tertiary/aromatic N) is 2. The van der Waals surface area contributed by atoms with Gasteiger partial charge >= 0.3 is 5.97 Å². The van der Waals surface area contributed by atoms with Crippen molar-refractivity contribution in [2.45, 2.75) is 19.9 Å². The molecule has 0 radical (unpaired) electrons. The zero-order chi connectivity index (χ0) is 16.5. The maximum absolute atomic E-state index is 11.2. The Hall–Kier alpha value is -2.18. The van der Waals surface area contributed by atoms with E-state index in [-0.39, 0.29) is 5.97 Å². The highest BCUT2D eigenvalue weighted by Gasteiger charge is 2.03. The van der Waals surface area contributed by atoms with Crippen LogP contribution < -0.4 is 10.1 Å². The molecule has 1 aromatic heterocycles. The molecule has 0 fully saturated rings. The van der Waals surface area contributed by atoms with Crippen LogP contribution in [0.15, 0.2) is 36.7 Å². The first-order chi connectivity index (χ1) is 11.2. The van der Waals surface area contributed by atoms with Crippen LogP contribution in [0.5, 0.6) is 11.6 Å². The van der Waals surface area contributed by atoms with Crippen LogP contribution in [-0.4, -0.2) is 29.1 Å². The highest BCUT2D eigenvalue weighted by molar-refractivity contribution is 6.30. The van der Waals surface area contributed by atoms with E-state index in [1.165, 1.54) is 0 Å². The number of esters is 1. The molecule has 23 heavy (non-hydrogen) atoms. The predicted octanol–water partition coefficient (Wildman–Crippen LogP) is 2.97. The van der Waals surface area contributed by atoms with Crippen LogP contribution >= 0.6 is 11.6 Å². The first kappa shape index (κ1) is 17.2. The van der Waals surface area contributed by atoms with Gasteiger partial charge in [0.1, 0.15) is 5.75 Å². The van der Waals surface area contributed by atoms with Gasteiger partial charge < -0.3 is 14.8 Å². The second kappa shape index (κ2) is 9.07. The topological polar surface area (TPSA) is 73.3 Å². The van der Waals surface area contributed by atoms with Gasteiger partial charge in [-0.25, -0.2) is 4.98 Å². The van der Waals surface area contributed by atoms with E-state index in [0.29, 0.717) is 42.8 Å². The molecule has 1 heterocycles. The van der Waals surface area contributed by atoms with Crippen molar-refractivity contribution in [3.63, 3.8) is 0 Å². The fourth-order valence-corrected chi connectivity index (χ4v) is 1.88. The molecule has 0 aliphatic carbocycles. The van der Waals surface area contributed by atoms with Crippen molar-refractivity contribution >= 4 is 17.6 Å². The minimum Gasteiger partial charge on any atom is -0.466 e. The fraction of sp³-hybridized carbons (Fsp3) is 0.312. The van der Waals surface area contributed by atoms with Crippen LogP contribution in [-0.2, 0) is 16.1 Å². The Kier molecular flexibility index (Phi) is 6.77. The summed E-state index contributed by atoms with van der Waals surface area (Å²) in [5.74, 6) is 0.837. The molecule has 0 aliphatic rings. The molecule has 1 aromatic carbocycles. The highest BCUT2D eigenvalue weighted by Crippen LogP contribution is 2.20. The molecule has 0 unspecified atom stereocenters. The van der Waals surface area contributed by atoms with Crippen LogP contribution in [0, 0.1) is 0 Å². The van der Waals surface area contributed by atoms with E-state index in [0.717, 1.165) is 5.69 Å². The first-order valence-corrected chi connectivity index (χ1v) is 7.66. The Labute approximate surface area is 139 Å². The number of nitrogens with one attached hydrogen (secondary N) is 1. The van der Waals surface area contributed by atoms with Crippen molar-refractivity contribution in [3.05, 3.63) is 47.4 Å². The lowest BCUT2D eigenvalue weighted by atomic mass is 10.3. The van der Waals surface area contributed by atoms with Crippen molar-refractivity contribution in [1.82, 2.24) is 15.3 Å². The highest BCUT2D eigenvalue weighted by atomic mass is 35.5. The molecular weight excluding hydrogens is 318 g/mol. The first-order valence-electron chi connectivity index (χ1n) is 7.28. The molecule has 2 aromatic rings. The number of carbonyl (C=O) groups excluding carboxylic acids is 1. The normalized spacial score (nSPS) is 10.3. The zero-order valence-electron chi connectivity index (χ0n) is 12.8. The quantitative estimate of drug-likeness (QED) is 0.590. The summed E-state index contributed by atoms with van der Waals surface area (Å²) in [6.45, 7) is 3.24. The van der Waals surface area contributed by atoms with Gasteiger partial charge in [0, 0.05) is 18.1 Å². The number of hydrogen-bond donors (Lipinski definition) is 1. The van der Waals surface area contributed by atoms with Gasteiger partial charge in [0.2, 0.25) is 5.88 Å². The third kappa shape index (κ3) is 6.22. The third-order valence-corrected chi connectivity index (χ3v) is 3.09. The monoisotopic (exact) mass is 335 g/mol. The number of hydrogen-bond acceptors (Lipinski definition) is 6. The van der Waals surface area contributed by atoms with Gasteiger partial charge in [0.15, 0.2) is 0 Å². The largest absolute Gasteiger partial charge is 0.466 e. The van der Waals surface area contributed by atoms with Crippen LogP contribution in [0.25, 0.3) is 0 Å². The number of aromatic nitrogens is 2. The maximum atomic E-state index is 11.2. The average molecular weight is 336 g/mol. The second-order valence-corrected chi connectivity index (χ2v) is 5.07. The molecule has 0 saturated carbocycles. The van der Waals surface area contributed by atoms with Crippen molar-refractivity contribution in [1.29, 1.82) is 0 Å². The molecule has 0 amide bonds. The van der Waals surface area contributed by atoms with E-state index in [9.17, 15) is 4.79 Å². The summed E-state index contributed by atoms with van der Waals surface area (Å²) in [6, 6.07) is 7.00. The molecule has 0 atom stereocenters. The van der Waals surface area contributed by atoms with Crippen molar-refractivity contribution < 1.29 is 14.3 Å². The molecule has 7 heteroatoms. The maximum Gasteiger partial charge on any atom is 0.307 e. The standard InChI is InChI=1S/C16H18ClN3O3/c1-2-22-16(21)7-8-18-9-13-10-20-15(11-19-13)23-14-5-3-12(17)4-6-14/h3-6,10-11,18H,2,7-9H2,1H3. The van der Waals surface area contributed by atoms with E-state index in [4.69, 9.17) is 21.1 Å². The minimum atomic E-state index is -0.210. The summed E-state index contributed by atoms with van der Waals surface area (Å²) in [4.78, 5) is 19.6. The van der Waals surface area contributed by atoms with Crippen LogP contribution in [0.1, 0.15) is 19.0 Å². The van der Waals surface area contributed by atoms with Crippen molar-refractivity contribution in [2.24, 2.45) is 0 Å². The summed E-state index contributed by atoms with van der Waals surface area (Å²) >= 11 is 5.81. The van der Waals surface area contributed by atoms with Crippen molar-refractivity contribution in [2.75, 3.05) is 13.2 Å². The lowest BCUT2D eigenvalue weighted by Gasteiger charge is -2.06. The fourth-order valence-electron chi connectivity index (χ4n) is 1.75. The number of rotatable bonds is 8. The average Bonchev–Trinajstić information content (AvgIpc) is 2.55. The van der Waals surface area contributed by atoms with Gasteiger partial charge in [-0.05, 0) is 31.2 Å². The molecule has 6 nitrogen and oxygen atoms in total. The van der Waals surface area contributed by atoms with Gasteiger partial charge in [0.25, 0.3) is 0 Å². The van der Waals surface area contributed by atoms with Gasteiger partial charge in [-0.15, -0.1) is 0 Å². The van der Waals surface area contributed by atoms with Gasteiger partial charge in [-0.3, -0.25) is 9.78 Å². The molecule has 122 valence electrons. The number of carbonyl (C=O) groups is 1. The molecule has 0 aliphatic heterocycles. The van der Waals surface area contributed by atoms with Gasteiger partial charge in [-0.2, -0.15) is 0 Å². The molecule has 1 N–H and O–H groups in total. The Balaban J connectivity index is 1.76. The number of benzene rings is 1. The van der Waals surface area contributed by atoms with E-state index >= 15 is 0 Å². The number of halogens is 1. The smallest absolute Gasteiger partial charge is 0.307 e. The summed E-state index contributed by atoms with van der Waals surface area (Å²) in [7, 11) is 0. The van der Waals surface area contributed by atoms with Gasteiger partial charge in [0.05, 0.1) is 31.1 Å². The Morgan fingerprint density at radius 1 is 1.22 bits per heavy atom. The van der Waals surface area contributed by atoms with Crippen LogP contribution in [0.3, 0.4) is 0 Å². The van der Waals surface area contributed by atoms with Crippen LogP contribution in [0.4, 0.5) is 0 Å². The minimum absolute atomic E-state index is 0.210. The Morgan fingerprint density at radius 3 is 2.65 bits per heavy atom. The molecule has 0 bridgehead atoms. The summed E-state index contributed by atoms with van der Waals surface area (Å²) < 4.78 is 10.4. The predicted molar refractivity (Wildman–Crippen MR) is 86.5 cm³/mol. The second-order valence-electron chi connectivity index (χ2n) is 4.63. The Morgan fingerprint density at radius 2 is 2.00 bits per heavy atom. The third-order valence-electron chi connectivity index (χ3n) is 2.84. The SMILES string of the molecule is CCOC(=O)CCNCc1cnc(Oc2ccc(Cl)cc2)cn1. The summed E-state index contributed by atoms with van der Waals surface area (Å²) in [5.41, 5.74) is 0.761. The molecule has 0 spiro atoms. The summed E-state index contributed by atoms with van der Waals surface area (Å²) in [5, 5.41) is 3.75. The van der Waals surface area contributed by atoms with Crippen LogP contribution in [0.2, 0.25) is 5.02 Å². The van der Waals surface area contributed by atoms with E-state index in [2.05, 4.69) is 15.3 Å². The molecule has 0 saturated heterocycles. The lowest BCUT2D eigenvalue weighted by molar-refractivity contribution is -0.142. The zero-order valence-corrected chi connectivity index (χ0v) is 13.5. The van der Waals surface area contributed by atoms with Gasteiger partial charge in [-0.1, -0.05) is 11.6 Å². The lowest BCUT2D eigenvalue weighted by Crippen LogP contribution is -2.19.